The van der Waals surface area contributed by atoms with Crippen molar-refractivity contribution in [3.05, 3.63) is 69.7 Å². The number of carbonyl (C=O) groups is 1. The van der Waals surface area contributed by atoms with Gasteiger partial charge in [-0.15, -0.1) is 0 Å². The lowest BCUT2D eigenvalue weighted by Crippen LogP contribution is -2.48. The number of carbonyl (C=O) groups excluding carboxylic acids is 1. The van der Waals surface area contributed by atoms with Crippen molar-refractivity contribution in [1.29, 1.82) is 0 Å². The highest BCUT2D eigenvalue weighted by Crippen LogP contribution is 2.36. The van der Waals surface area contributed by atoms with E-state index >= 15 is 0 Å². The number of likely N-dealkylation sites (N-methyl/N-ethyl adjacent to an activating group) is 1. The second kappa shape index (κ2) is 8.88. The number of amides is 1. The number of rotatable bonds is 4. The van der Waals surface area contributed by atoms with E-state index in [4.69, 9.17) is 16.7 Å². The molecule has 2 aliphatic heterocycles. The molecule has 1 atom stereocenters. The van der Waals surface area contributed by atoms with Gasteiger partial charge in [-0.3, -0.25) is 9.69 Å². The van der Waals surface area contributed by atoms with Crippen molar-refractivity contribution in [1.82, 2.24) is 14.8 Å². The summed E-state index contributed by atoms with van der Waals surface area (Å²) < 4.78 is 0. The summed E-state index contributed by atoms with van der Waals surface area (Å²) in [4.78, 5) is 17.8. The first-order valence-corrected chi connectivity index (χ1v) is 10.9. The number of halogens is 1. The number of benzene rings is 2. The van der Waals surface area contributed by atoms with Crippen molar-refractivity contribution in [3.63, 3.8) is 0 Å². The maximum Gasteiger partial charge on any atom is 0.257 e. The Bertz CT molecular complexity index is 965. The van der Waals surface area contributed by atoms with Crippen LogP contribution in [0.2, 0.25) is 5.02 Å². The third-order valence-electron chi connectivity index (χ3n) is 6.08. The molecule has 2 heterocycles. The molecule has 30 heavy (non-hydrogen) atoms. The van der Waals surface area contributed by atoms with Gasteiger partial charge in [-0.1, -0.05) is 53.6 Å². The Hall–Kier alpha value is -2.21. The summed E-state index contributed by atoms with van der Waals surface area (Å²) in [7, 11) is 2.12. The first-order valence-electron chi connectivity index (χ1n) is 10.5. The van der Waals surface area contributed by atoms with E-state index in [1.54, 1.807) is 5.01 Å². The SMILES string of the molecule is Cc1ccc(C2=NN(C(=O)CN3CCN(C)CC3)[C@@H](c3ccccc3Cl)C2)c(C)c1. The Balaban J connectivity index is 1.62. The molecule has 0 saturated carbocycles. The summed E-state index contributed by atoms with van der Waals surface area (Å²) in [5, 5.41) is 7.19. The maximum absolute atomic E-state index is 13.3. The molecule has 6 heteroatoms. The first-order chi connectivity index (χ1) is 14.4. The van der Waals surface area contributed by atoms with Crippen molar-refractivity contribution >= 4 is 23.2 Å². The van der Waals surface area contributed by atoms with Gasteiger partial charge in [0.15, 0.2) is 0 Å². The van der Waals surface area contributed by atoms with Crippen LogP contribution in [0.25, 0.3) is 0 Å². The maximum atomic E-state index is 13.3. The lowest BCUT2D eigenvalue weighted by atomic mass is 9.95. The van der Waals surface area contributed by atoms with Crippen LogP contribution in [0.3, 0.4) is 0 Å². The van der Waals surface area contributed by atoms with Crippen molar-refractivity contribution in [3.8, 4) is 0 Å². The highest BCUT2D eigenvalue weighted by Gasteiger charge is 2.35. The fraction of sp³-hybridized carbons (Fsp3) is 0.417. The van der Waals surface area contributed by atoms with E-state index in [0.29, 0.717) is 18.0 Å². The highest BCUT2D eigenvalue weighted by molar-refractivity contribution is 6.31. The third-order valence-corrected chi connectivity index (χ3v) is 6.42. The molecule has 5 nitrogen and oxygen atoms in total. The van der Waals surface area contributed by atoms with E-state index in [-0.39, 0.29) is 11.9 Å². The van der Waals surface area contributed by atoms with Crippen LogP contribution in [0, 0.1) is 13.8 Å². The fourth-order valence-electron chi connectivity index (χ4n) is 4.30. The normalized spacial score (nSPS) is 20.5. The molecular weight excluding hydrogens is 396 g/mol. The van der Waals surface area contributed by atoms with Crippen molar-refractivity contribution in [2.75, 3.05) is 39.8 Å². The predicted molar refractivity (Wildman–Crippen MR) is 122 cm³/mol. The molecule has 1 saturated heterocycles. The molecule has 4 rings (SSSR count). The zero-order chi connectivity index (χ0) is 21.3. The van der Waals surface area contributed by atoms with Gasteiger partial charge in [0.2, 0.25) is 0 Å². The number of aryl methyl sites for hydroxylation is 2. The molecule has 0 N–H and O–H groups in total. The zero-order valence-electron chi connectivity index (χ0n) is 17.9. The van der Waals surface area contributed by atoms with Gasteiger partial charge in [0.1, 0.15) is 0 Å². The predicted octanol–water partition coefficient (Wildman–Crippen LogP) is 3.88. The lowest BCUT2D eigenvalue weighted by molar-refractivity contribution is -0.134. The molecular formula is C24H29ClN4O. The van der Waals surface area contributed by atoms with Crippen LogP contribution < -0.4 is 0 Å². The zero-order valence-corrected chi connectivity index (χ0v) is 18.7. The Morgan fingerprint density at radius 2 is 1.83 bits per heavy atom. The van der Waals surface area contributed by atoms with E-state index in [1.807, 2.05) is 24.3 Å². The van der Waals surface area contributed by atoms with Crippen LogP contribution in [0.1, 0.15) is 34.7 Å². The van der Waals surface area contributed by atoms with Crippen molar-refractivity contribution in [2.24, 2.45) is 5.10 Å². The van der Waals surface area contributed by atoms with Crippen molar-refractivity contribution < 1.29 is 4.79 Å². The lowest BCUT2D eigenvalue weighted by Gasteiger charge is -2.33. The Morgan fingerprint density at radius 3 is 2.53 bits per heavy atom. The van der Waals surface area contributed by atoms with Gasteiger partial charge >= 0.3 is 0 Å². The summed E-state index contributed by atoms with van der Waals surface area (Å²) in [6.45, 7) is 8.35. The third kappa shape index (κ3) is 4.43. The van der Waals surface area contributed by atoms with Crippen molar-refractivity contribution in [2.45, 2.75) is 26.3 Å². The van der Waals surface area contributed by atoms with E-state index in [0.717, 1.165) is 43.0 Å². The standard InChI is InChI=1S/C24H29ClN4O/c1-17-8-9-19(18(2)14-17)22-15-23(20-6-4-5-7-21(20)25)29(26-22)24(30)16-28-12-10-27(3)11-13-28/h4-9,14,23H,10-13,15-16H2,1-3H3/t23-/m1/s1. The quantitative estimate of drug-likeness (QED) is 0.747. The average molecular weight is 425 g/mol. The largest absolute Gasteiger partial charge is 0.304 e. The summed E-state index contributed by atoms with van der Waals surface area (Å²) in [5.41, 5.74) is 5.41. The fourth-order valence-corrected chi connectivity index (χ4v) is 4.56. The Labute approximate surface area is 183 Å². The number of hydrogen-bond donors (Lipinski definition) is 0. The number of hydrogen-bond acceptors (Lipinski definition) is 4. The molecule has 1 fully saturated rings. The van der Waals surface area contributed by atoms with Gasteiger partial charge in [-0.25, -0.2) is 5.01 Å². The highest BCUT2D eigenvalue weighted by atomic mass is 35.5. The number of hydrazone groups is 1. The van der Waals surface area contributed by atoms with E-state index in [1.165, 1.54) is 11.1 Å². The molecule has 0 aliphatic carbocycles. The van der Waals surface area contributed by atoms with Gasteiger partial charge in [0.25, 0.3) is 5.91 Å². The van der Waals surface area contributed by atoms with E-state index in [2.05, 4.69) is 48.9 Å². The monoisotopic (exact) mass is 424 g/mol. The van der Waals surface area contributed by atoms with E-state index in [9.17, 15) is 4.79 Å². The molecule has 0 bridgehead atoms. The minimum absolute atomic E-state index is 0.0317. The Kier molecular flexibility index (Phi) is 6.23. The van der Waals surface area contributed by atoms with Gasteiger partial charge in [-0.05, 0) is 38.1 Å². The van der Waals surface area contributed by atoms with E-state index < -0.39 is 0 Å². The topological polar surface area (TPSA) is 39.2 Å². The molecule has 158 valence electrons. The molecule has 2 aliphatic rings. The van der Waals surface area contributed by atoms with Gasteiger partial charge < -0.3 is 4.90 Å². The molecule has 0 unspecified atom stereocenters. The molecule has 0 spiro atoms. The van der Waals surface area contributed by atoms with Crippen LogP contribution in [0.4, 0.5) is 0 Å². The molecule has 0 aromatic heterocycles. The summed E-state index contributed by atoms with van der Waals surface area (Å²) in [5.74, 6) is 0.0317. The van der Waals surface area contributed by atoms with Crippen LogP contribution in [-0.2, 0) is 4.79 Å². The van der Waals surface area contributed by atoms with Gasteiger partial charge in [0, 0.05) is 43.2 Å². The van der Waals surface area contributed by atoms with Crippen LogP contribution >= 0.6 is 11.6 Å². The molecule has 0 radical (unpaired) electrons. The van der Waals surface area contributed by atoms with Gasteiger partial charge in [0.05, 0.1) is 18.3 Å². The van der Waals surface area contributed by atoms with Gasteiger partial charge in [-0.2, -0.15) is 5.10 Å². The Morgan fingerprint density at radius 1 is 1.10 bits per heavy atom. The van der Waals surface area contributed by atoms with Crippen LogP contribution in [0.15, 0.2) is 47.6 Å². The number of piperazine rings is 1. The second-order valence-corrected chi connectivity index (χ2v) is 8.83. The molecule has 2 aromatic carbocycles. The molecule has 1 amide bonds. The smallest absolute Gasteiger partial charge is 0.257 e. The second-order valence-electron chi connectivity index (χ2n) is 8.42. The minimum atomic E-state index is -0.172. The van der Waals surface area contributed by atoms with Crippen LogP contribution in [0.5, 0.6) is 0 Å². The number of nitrogens with zero attached hydrogens (tertiary/aromatic N) is 4. The summed E-state index contributed by atoms with van der Waals surface area (Å²) >= 11 is 6.52. The average Bonchev–Trinajstić information content (AvgIpc) is 3.15. The first kappa shape index (κ1) is 21.0. The summed E-state index contributed by atoms with van der Waals surface area (Å²) in [6.07, 6.45) is 0.669. The van der Waals surface area contributed by atoms with Crippen LogP contribution in [-0.4, -0.2) is 66.2 Å². The molecule has 2 aromatic rings. The minimum Gasteiger partial charge on any atom is -0.304 e. The summed E-state index contributed by atoms with van der Waals surface area (Å²) in [6, 6.07) is 14.0.